The second-order valence-corrected chi connectivity index (χ2v) is 7.62. The lowest BCUT2D eigenvalue weighted by atomic mass is 10.1. The molecule has 23 heavy (non-hydrogen) atoms. The van der Waals surface area contributed by atoms with Crippen molar-refractivity contribution in [1.29, 1.82) is 0 Å². The molecule has 7 heteroatoms. The van der Waals surface area contributed by atoms with E-state index in [1.165, 1.54) is 17.7 Å². The van der Waals surface area contributed by atoms with Crippen molar-refractivity contribution in [3.63, 3.8) is 0 Å². The van der Waals surface area contributed by atoms with Gasteiger partial charge in [0.1, 0.15) is 21.9 Å². The van der Waals surface area contributed by atoms with Gasteiger partial charge in [0, 0.05) is 0 Å². The van der Waals surface area contributed by atoms with Gasteiger partial charge in [-0.15, -0.1) is 11.3 Å². The topological polar surface area (TPSA) is 84.3 Å². The van der Waals surface area contributed by atoms with Crippen LogP contribution >= 0.6 is 11.3 Å². The minimum atomic E-state index is -0.520. The molecular weight excluding hydrogens is 314 g/mol. The SMILES string of the molecule is Cc1c(C(=O)OCC(C)C)sc2ncnc(NC(C)(C)CO)c12. The number of carbonyl (C=O) groups excluding carboxylic acids is 1. The molecule has 0 fully saturated rings. The Hall–Kier alpha value is -1.73. The maximum absolute atomic E-state index is 12.3. The van der Waals surface area contributed by atoms with Gasteiger partial charge in [0.15, 0.2) is 0 Å². The van der Waals surface area contributed by atoms with E-state index in [0.717, 1.165) is 15.8 Å². The largest absolute Gasteiger partial charge is 0.461 e. The normalized spacial score (nSPS) is 12.0. The first-order valence-corrected chi connectivity index (χ1v) is 8.37. The molecule has 0 aliphatic carbocycles. The van der Waals surface area contributed by atoms with Gasteiger partial charge in [-0.05, 0) is 32.3 Å². The average molecular weight is 337 g/mol. The zero-order valence-electron chi connectivity index (χ0n) is 14.1. The van der Waals surface area contributed by atoms with Crippen LogP contribution in [-0.4, -0.2) is 39.8 Å². The van der Waals surface area contributed by atoms with Crippen molar-refractivity contribution in [2.45, 2.75) is 40.2 Å². The van der Waals surface area contributed by atoms with Crippen molar-refractivity contribution in [3.8, 4) is 0 Å². The molecule has 2 aromatic rings. The number of esters is 1. The molecule has 0 radical (unpaired) electrons. The number of rotatable bonds is 6. The Balaban J connectivity index is 2.40. The van der Waals surface area contributed by atoms with Gasteiger partial charge in [-0.2, -0.15) is 0 Å². The maximum Gasteiger partial charge on any atom is 0.348 e. The van der Waals surface area contributed by atoms with Gasteiger partial charge >= 0.3 is 5.97 Å². The Morgan fingerprint density at radius 1 is 1.43 bits per heavy atom. The molecule has 0 aromatic carbocycles. The summed E-state index contributed by atoms with van der Waals surface area (Å²) in [5.74, 6) is 0.577. The summed E-state index contributed by atoms with van der Waals surface area (Å²) < 4.78 is 5.32. The van der Waals surface area contributed by atoms with E-state index in [1.54, 1.807) is 0 Å². The van der Waals surface area contributed by atoms with Gasteiger partial charge in [0.05, 0.1) is 24.1 Å². The van der Waals surface area contributed by atoms with Gasteiger partial charge < -0.3 is 15.2 Å². The Morgan fingerprint density at radius 3 is 2.74 bits per heavy atom. The van der Waals surface area contributed by atoms with E-state index in [0.29, 0.717) is 17.3 Å². The summed E-state index contributed by atoms with van der Waals surface area (Å²) in [6.45, 7) is 9.96. The molecule has 0 aliphatic heterocycles. The van der Waals surface area contributed by atoms with Crippen molar-refractivity contribution >= 4 is 33.3 Å². The Kier molecular flexibility index (Phi) is 5.21. The summed E-state index contributed by atoms with van der Waals surface area (Å²) in [4.78, 5) is 22.1. The standard InChI is InChI=1S/C16H23N3O3S/c1-9(2)6-22-15(21)12-10(3)11-13(19-16(4,5)7-20)17-8-18-14(11)23-12/h8-9,20H,6-7H2,1-5H3,(H,17,18,19). The molecule has 2 N–H and O–H groups in total. The number of aliphatic hydroxyl groups excluding tert-OH is 1. The predicted octanol–water partition coefficient (Wildman–Crippen LogP) is 3.00. The molecule has 0 atom stereocenters. The number of fused-ring (bicyclic) bond motifs is 1. The molecular formula is C16H23N3O3S. The van der Waals surface area contributed by atoms with Crippen molar-refractivity contribution in [3.05, 3.63) is 16.8 Å². The Labute approximate surface area is 139 Å². The lowest BCUT2D eigenvalue weighted by molar-refractivity contribution is 0.0464. The van der Waals surface area contributed by atoms with E-state index in [2.05, 4.69) is 15.3 Å². The summed E-state index contributed by atoms with van der Waals surface area (Å²) in [7, 11) is 0. The summed E-state index contributed by atoms with van der Waals surface area (Å²) in [5, 5.41) is 13.4. The highest BCUT2D eigenvalue weighted by Crippen LogP contribution is 2.34. The van der Waals surface area contributed by atoms with Gasteiger partial charge in [0.2, 0.25) is 0 Å². The monoisotopic (exact) mass is 337 g/mol. The van der Waals surface area contributed by atoms with Gasteiger partial charge in [-0.1, -0.05) is 13.8 Å². The minimum Gasteiger partial charge on any atom is -0.461 e. The van der Waals surface area contributed by atoms with Crippen LogP contribution in [0.5, 0.6) is 0 Å². The van der Waals surface area contributed by atoms with Crippen LogP contribution in [0.4, 0.5) is 5.82 Å². The molecule has 126 valence electrons. The second-order valence-electron chi connectivity index (χ2n) is 6.62. The van der Waals surface area contributed by atoms with Crippen LogP contribution in [0.1, 0.15) is 42.9 Å². The molecule has 2 aromatic heterocycles. The molecule has 2 heterocycles. The van der Waals surface area contributed by atoms with Gasteiger partial charge in [0.25, 0.3) is 0 Å². The van der Waals surface area contributed by atoms with Crippen LogP contribution in [0.2, 0.25) is 0 Å². The number of ether oxygens (including phenoxy) is 1. The number of hydrogen-bond acceptors (Lipinski definition) is 7. The van der Waals surface area contributed by atoms with E-state index in [9.17, 15) is 9.90 Å². The number of thiophene rings is 1. The predicted molar refractivity (Wildman–Crippen MR) is 92.1 cm³/mol. The van der Waals surface area contributed by atoms with Gasteiger partial charge in [-0.3, -0.25) is 0 Å². The van der Waals surface area contributed by atoms with E-state index < -0.39 is 5.54 Å². The molecule has 0 aliphatic rings. The van der Waals surface area contributed by atoms with E-state index in [1.807, 2.05) is 34.6 Å². The van der Waals surface area contributed by atoms with Crippen molar-refractivity contribution in [1.82, 2.24) is 9.97 Å². The number of nitrogens with zero attached hydrogens (tertiary/aromatic N) is 2. The zero-order chi connectivity index (χ0) is 17.2. The molecule has 0 spiro atoms. The number of nitrogens with one attached hydrogen (secondary N) is 1. The summed E-state index contributed by atoms with van der Waals surface area (Å²) in [5.41, 5.74) is 0.282. The summed E-state index contributed by atoms with van der Waals surface area (Å²) in [6, 6.07) is 0. The van der Waals surface area contributed by atoms with Crippen LogP contribution in [0, 0.1) is 12.8 Å². The van der Waals surface area contributed by atoms with Crippen LogP contribution in [0.3, 0.4) is 0 Å². The lowest BCUT2D eigenvalue weighted by Gasteiger charge is -2.24. The smallest absolute Gasteiger partial charge is 0.348 e. The Morgan fingerprint density at radius 2 is 2.13 bits per heavy atom. The quantitative estimate of drug-likeness (QED) is 0.788. The third-order valence-corrected chi connectivity index (χ3v) is 4.49. The van der Waals surface area contributed by atoms with E-state index >= 15 is 0 Å². The number of aryl methyl sites for hydroxylation is 1. The fraction of sp³-hybridized carbons (Fsp3) is 0.562. The first kappa shape index (κ1) is 17.6. The number of aliphatic hydroxyl groups is 1. The lowest BCUT2D eigenvalue weighted by Crippen LogP contribution is -2.35. The highest BCUT2D eigenvalue weighted by molar-refractivity contribution is 7.20. The van der Waals surface area contributed by atoms with E-state index in [4.69, 9.17) is 4.74 Å². The van der Waals surface area contributed by atoms with E-state index in [-0.39, 0.29) is 18.5 Å². The fourth-order valence-electron chi connectivity index (χ4n) is 2.03. The molecule has 6 nitrogen and oxygen atoms in total. The van der Waals surface area contributed by atoms with Crippen molar-refractivity contribution in [2.75, 3.05) is 18.5 Å². The maximum atomic E-state index is 12.3. The third kappa shape index (κ3) is 3.97. The van der Waals surface area contributed by atoms with Gasteiger partial charge in [-0.25, -0.2) is 14.8 Å². The number of aromatic nitrogens is 2. The highest BCUT2D eigenvalue weighted by atomic mass is 32.1. The summed E-state index contributed by atoms with van der Waals surface area (Å²) in [6.07, 6.45) is 1.46. The number of anilines is 1. The van der Waals surface area contributed by atoms with Crippen LogP contribution in [0.25, 0.3) is 10.2 Å². The molecule has 0 saturated carbocycles. The molecule has 0 saturated heterocycles. The average Bonchev–Trinajstić information content (AvgIpc) is 2.83. The minimum absolute atomic E-state index is 0.0367. The second kappa shape index (κ2) is 6.80. The van der Waals surface area contributed by atoms with Crippen molar-refractivity contribution in [2.24, 2.45) is 5.92 Å². The Bertz CT molecular complexity index is 710. The van der Waals surface area contributed by atoms with Crippen molar-refractivity contribution < 1.29 is 14.6 Å². The number of hydrogen-bond donors (Lipinski definition) is 2. The molecule has 0 bridgehead atoms. The zero-order valence-corrected chi connectivity index (χ0v) is 15.0. The third-order valence-electron chi connectivity index (χ3n) is 3.31. The molecule has 0 amide bonds. The fourth-order valence-corrected chi connectivity index (χ4v) is 3.07. The highest BCUT2D eigenvalue weighted by Gasteiger charge is 2.23. The van der Waals surface area contributed by atoms with Crippen LogP contribution < -0.4 is 5.32 Å². The number of carbonyl (C=O) groups is 1. The first-order chi connectivity index (χ1) is 10.7. The molecule has 0 unspecified atom stereocenters. The van der Waals surface area contributed by atoms with Crippen LogP contribution in [0.15, 0.2) is 6.33 Å². The summed E-state index contributed by atoms with van der Waals surface area (Å²) >= 11 is 1.30. The first-order valence-electron chi connectivity index (χ1n) is 7.55. The van der Waals surface area contributed by atoms with Crippen LogP contribution in [-0.2, 0) is 4.74 Å². The molecule has 2 rings (SSSR count).